The van der Waals surface area contributed by atoms with Gasteiger partial charge in [-0.05, 0) is 24.3 Å². The van der Waals surface area contributed by atoms with Crippen molar-refractivity contribution in [1.82, 2.24) is 0 Å². The van der Waals surface area contributed by atoms with Crippen molar-refractivity contribution in [3.63, 3.8) is 0 Å². The van der Waals surface area contributed by atoms with Crippen molar-refractivity contribution in [3.8, 4) is 0 Å². The Morgan fingerprint density at radius 1 is 0.654 bits per heavy atom. The molecule has 0 atom stereocenters. The van der Waals surface area contributed by atoms with E-state index in [9.17, 15) is 21.4 Å². The quantitative estimate of drug-likeness (QED) is 0.322. The van der Waals surface area contributed by atoms with Crippen LogP contribution >= 0.6 is 8.25 Å². The van der Waals surface area contributed by atoms with Crippen LogP contribution in [-0.4, -0.2) is 30.4 Å². The van der Waals surface area contributed by atoms with Gasteiger partial charge in [0, 0.05) is 0 Å². The molecule has 12 heteroatoms. The molecule has 2 aromatic carbocycles. The van der Waals surface area contributed by atoms with E-state index in [1.165, 1.54) is 48.5 Å². The number of hydrogen-bond donors (Lipinski definition) is 0. The van der Waals surface area contributed by atoms with E-state index in [1.54, 1.807) is 12.1 Å². The zero-order chi connectivity index (χ0) is 19.0. The highest BCUT2D eigenvalue weighted by Gasteiger charge is 2.17. The first kappa shape index (κ1) is 20.7. The lowest BCUT2D eigenvalue weighted by molar-refractivity contribution is 0.0754. The van der Waals surface area contributed by atoms with Gasteiger partial charge in [0.15, 0.2) is 13.6 Å². The van der Waals surface area contributed by atoms with E-state index in [4.69, 9.17) is 0 Å². The molecule has 0 spiro atoms. The maximum atomic E-state index is 11.8. The van der Waals surface area contributed by atoms with Crippen LogP contribution in [0.1, 0.15) is 0 Å². The minimum Gasteiger partial charge on any atom is -0.282 e. The Bertz CT molecular complexity index is 851. The summed E-state index contributed by atoms with van der Waals surface area (Å²) in [6.07, 6.45) is 0. The summed E-state index contributed by atoms with van der Waals surface area (Å²) in [7, 11) is -11.4. The standard InChI is InChI=1S/C14H15O9PS2/c15-24(20-11-22-25(16,17)13-7-3-1-4-8-13)21-12-23-26(18,19)14-9-5-2-6-10-14/h1-10,24H,11-12H2. The molecule has 0 unspecified atom stereocenters. The topological polar surface area (TPSA) is 122 Å². The van der Waals surface area contributed by atoms with Gasteiger partial charge in [-0.15, -0.1) is 0 Å². The highest BCUT2D eigenvalue weighted by molar-refractivity contribution is 7.87. The smallest absolute Gasteiger partial charge is 0.282 e. The fourth-order valence-electron chi connectivity index (χ4n) is 1.62. The third-order valence-electron chi connectivity index (χ3n) is 2.82. The van der Waals surface area contributed by atoms with Crippen molar-refractivity contribution in [3.05, 3.63) is 60.7 Å². The van der Waals surface area contributed by atoms with Gasteiger partial charge in [-0.3, -0.25) is 13.6 Å². The predicted octanol–water partition coefficient (Wildman–Crippen LogP) is 2.14. The average molecular weight is 422 g/mol. The molecule has 0 saturated carbocycles. The molecule has 0 radical (unpaired) electrons. The van der Waals surface area contributed by atoms with Crippen LogP contribution in [0.5, 0.6) is 0 Å². The summed E-state index contributed by atoms with van der Waals surface area (Å²) >= 11 is 0. The fourth-order valence-corrected chi connectivity index (χ4v) is 3.79. The van der Waals surface area contributed by atoms with E-state index in [1.807, 2.05) is 0 Å². The normalized spacial score (nSPS) is 12.3. The molecule has 0 heterocycles. The molecule has 0 aliphatic heterocycles. The molecule has 0 aliphatic carbocycles. The molecule has 142 valence electrons. The van der Waals surface area contributed by atoms with Crippen LogP contribution in [0.25, 0.3) is 0 Å². The molecule has 9 nitrogen and oxygen atoms in total. The summed E-state index contributed by atoms with van der Waals surface area (Å²) in [5, 5.41) is 0. The predicted molar refractivity (Wildman–Crippen MR) is 90.3 cm³/mol. The molecule has 2 rings (SSSR count). The third-order valence-corrected chi connectivity index (χ3v) is 6.04. The summed E-state index contributed by atoms with van der Waals surface area (Å²) in [4.78, 5) is -0.192. The second-order valence-electron chi connectivity index (χ2n) is 4.54. The minimum absolute atomic E-state index is 0.0959. The Hall–Kier alpha value is -1.59. The highest BCUT2D eigenvalue weighted by atomic mass is 32.2. The highest BCUT2D eigenvalue weighted by Crippen LogP contribution is 2.25. The summed E-state index contributed by atoms with van der Waals surface area (Å²) in [5.74, 6) is 0. The van der Waals surface area contributed by atoms with Crippen LogP contribution in [0.4, 0.5) is 0 Å². The first-order valence-corrected chi connectivity index (χ1v) is 11.0. The molecular formula is C14H15O9PS2. The van der Waals surface area contributed by atoms with Crippen molar-refractivity contribution in [1.29, 1.82) is 0 Å². The molecule has 26 heavy (non-hydrogen) atoms. The van der Waals surface area contributed by atoms with E-state index < -0.39 is 42.1 Å². The molecular weight excluding hydrogens is 407 g/mol. The van der Waals surface area contributed by atoms with Gasteiger partial charge in [0.1, 0.15) is 0 Å². The summed E-state index contributed by atoms with van der Waals surface area (Å²) in [5.41, 5.74) is 0. The molecule has 0 aromatic heterocycles. The summed E-state index contributed by atoms with van der Waals surface area (Å²) in [6, 6.07) is 14.6. The zero-order valence-electron chi connectivity index (χ0n) is 13.2. The van der Waals surface area contributed by atoms with Gasteiger partial charge in [0.05, 0.1) is 9.79 Å². The molecule has 0 amide bonds. The molecule has 0 aliphatic rings. The molecule has 2 aromatic rings. The lowest BCUT2D eigenvalue weighted by Gasteiger charge is -2.08. The van der Waals surface area contributed by atoms with Crippen LogP contribution in [0.3, 0.4) is 0 Å². The fraction of sp³-hybridized carbons (Fsp3) is 0.143. The Kier molecular flexibility index (Phi) is 7.47. The van der Waals surface area contributed by atoms with E-state index in [-0.39, 0.29) is 9.79 Å². The van der Waals surface area contributed by atoms with Crippen LogP contribution < -0.4 is 0 Å². The Balaban J connectivity index is 1.74. The van der Waals surface area contributed by atoms with E-state index in [2.05, 4.69) is 17.4 Å². The Morgan fingerprint density at radius 3 is 1.35 bits per heavy atom. The van der Waals surface area contributed by atoms with Crippen molar-refractivity contribution in [2.75, 3.05) is 13.6 Å². The van der Waals surface area contributed by atoms with Crippen LogP contribution in [0.2, 0.25) is 0 Å². The molecule has 0 bridgehead atoms. The first-order chi connectivity index (χ1) is 12.3. The van der Waals surface area contributed by atoms with Gasteiger partial charge in [0.25, 0.3) is 20.2 Å². The van der Waals surface area contributed by atoms with Gasteiger partial charge in [-0.25, -0.2) is 8.37 Å². The Labute approximate surface area is 151 Å². The SMILES string of the molecule is O=[PH](OCOS(=O)(=O)c1ccccc1)OCOS(=O)(=O)c1ccccc1. The molecule has 0 N–H and O–H groups in total. The number of hydrogen-bond acceptors (Lipinski definition) is 9. The van der Waals surface area contributed by atoms with Gasteiger partial charge in [-0.2, -0.15) is 16.8 Å². The minimum atomic E-state index is -4.07. The van der Waals surface area contributed by atoms with Crippen LogP contribution in [0.15, 0.2) is 70.5 Å². The molecule has 0 saturated heterocycles. The number of rotatable bonds is 10. The maximum absolute atomic E-state index is 11.8. The van der Waals surface area contributed by atoms with Crippen molar-refractivity contribution in [2.24, 2.45) is 0 Å². The number of benzene rings is 2. The average Bonchev–Trinajstić information content (AvgIpc) is 2.63. The van der Waals surface area contributed by atoms with Crippen molar-refractivity contribution in [2.45, 2.75) is 9.79 Å². The summed E-state index contributed by atoms with van der Waals surface area (Å²) in [6.45, 7) is -1.72. The second kappa shape index (κ2) is 9.38. The van der Waals surface area contributed by atoms with E-state index >= 15 is 0 Å². The van der Waals surface area contributed by atoms with Crippen LogP contribution in [0, 0.1) is 0 Å². The van der Waals surface area contributed by atoms with E-state index in [0.717, 1.165) is 0 Å². The van der Waals surface area contributed by atoms with Gasteiger partial charge >= 0.3 is 8.25 Å². The lowest BCUT2D eigenvalue weighted by Crippen LogP contribution is -2.09. The van der Waals surface area contributed by atoms with Crippen molar-refractivity contribution < 1.29 is 38.8 Å². The summed E-state index contributed by atoms with van der Waals surface area (Å²) < 4.78 is 76.8. The third kappa shape index (κ3) is 6.29. The maximum Gasteiger partial charge on any atom is 0.323 e. The van der Waals surface area contributed by atoms with Gasteiger partial charge in [-0.1, -0.05) is 36.4 Å². The van der Waals surface area contributed by atoms with Gasteiger partial charge < -0.3 is 0 Å². The largest absolute Gasteiger partial charge is 0.323 e. The van der Waals surface area contributed by atoms with Gasteiger partial charge in [0.2, 0.25) is 0 Å². The Morgan fingerprint density at radius 2 is 1.00 bits per heavy atom. The zero-order valence-corrected chi connectivity index (χ0v) is 15.8. The monoisotopic (exact) mass is 422 g/mol. The van der Waals surface area contributed by atoms with Crippen molar-refractivity contribution >= 4 is 28.5 Å². The lowest BCUT2D eigenvalue weighted by atomic mass is 10.4. The first-order valence-electron chi connectivity index (χ1n) is 7.00. The van der Waals surface area contributed by atoms with E-state index in [0.29, 0.717) is 0 Å². The van der Waals surface area contributed by atoms with Crippen LogP contribution in [-0.2, 0) is 42.2 Å². The molecule has 0 fully saturated rings. The second-order valence-corrected chi connectivity index (χ2v) is 8.85.